The maximum absolute atomic E-state index is 12.5. The predicted molar refractivity (Wildman–Crippen MR) is 72.4 cm³/mol. The number of nitrogens with one attached hydrogen (secondary N) is 2. The van der Waals surface area contributed by atoms with Gasteiger partial charge in [-0.05, 0) is 37.1 Å². The number of alkyl halides is 3. The van der Waals surface area contributed by atoms with E-state index in [1.54, 1.807) is 0 Å². The second-order valence-electron chi connectivity index (χ2n) is 5.37. The minimum Gasteiger partial charge on any atom is -0.379 e. The molecule has 1 unspecified atom stereocenters. The Balaban J connectivity index is 2.06. The van der Waals surface area contributed by atoms with Crippen LogP contribution in [0.1, 0.15) is 29.3 Å². The first-order valence-electron chi connectivity index (χ1n) is 6.60. The van der Waals surface area contributed by atoms with Crippen LogP contribution in [0.5, 0.6) is 0 Å². The van der Waals surface area contributed by atoms with Gasteiger partial charge in [0.1, 0.15) is 0 Å². The van der Waals surface area contributed by atoms with Gasteiger partial charge in [-0.2, -0.15) is 13.2 Å². The number of aliphatic hydroxyl groups is 1. The summed E-state index contributed by atoms with van der Waals surface area (Å²) in [6.45, 7) is -0.348. The Kier molecular flexibility index (Phi) is 4.15. The monoisotopic (exact) mass is 316 g/mol. The van der Waals surface area contributed by atoms with Crippen LogP contribution in [0.25, 0.3) is 0 Å². The molecule has 0 spiro atoms. The normalized spacial score (nSPS) is 17.2. The molecule has 22 heavy (non-hydrogen) atoms. The van der Waals surface area contributed by atoms with Gasteiger partial charge < -0.3 is 15.7 Å². The van der Waals surface area contributed by atoms with E-state index in [-0.39, 0.29) is 11.5 Å². The van der Waals surface area contributed by atoms with E-state index >= 15 is 0 Å². The molecule has 8 heteroatoms. The second-order valence-corrected chi connectivity index (χ2v) is 5.37. The molecule has 1 aliphatic rings. The Morgan fingerprint density at radius 3 is 2.68 bits per heavy atom. The Morgan fingerprint density at radius 1 is 1.36 bits per heavy atom. The van der Waals surface area contributed by atoms with Crippen molar-refractivity contribution < 1.29 is 27.9 Å². The number of carbonyl (C=O) groups excluding carboxylic acids is 2. The highest BCUT2D eigenvalue weighted by atomic mass is 19.4. The van der Waals surface area contributed by atoms with Crippen LogP contribution in [0.4, 0.5) is 18.9 Å². The van der Waals surface area contributed by atoms with Gasteiger partial charge in [0.25, 0.3) is 5.91 Å². The Bertz CT molecular complexity index is 612. The fourth-order valence-electron chi connectivity index (χ4n) is 1.98. The number of hydrogen-bond donors (Lipinski definition) is 3. The van der Waals surface area contributed by atoms with Crippen molar-refractivity contribution in [2.24, 2.45) is 0 Å². The first kappa shape index (κ1) is 16.3. The second kappa shape index (κ2) is 5.60. The van der Waals surface area contributed by atoms with Crippen molar-refractivity contribution in [3.05, 3.63) is 29.3 Å². The molecule has 0 fully saturated rings. The molecule has 0 saturated heterocycles. The summed E-state index contributed by atoms with van der Waals surface area (Å²) in [6, 6.07) is 4.46. The van der Waals surface area contributed by atoms with Gasteiger partial charge in [0.05, 0.1) is 6.54 Å². The van der Waals surface area contributed by atoms with Crippen LogP contribution in [0.15, 0.2) is 18.2 Å². The quantitative estimate of drug-likeness (QED) is 0.793. The van der Waals surface area contributed by atoms with Crippen LogP contribution in [0.2, 0.25) is 0 Å². The number of aryl methyl sites for hydroxylation is 1. The molecule has 1 aromatic carbocycles. The number of benzene rings is 1. The highest BCUT2D eigenvalue weighted by Gasteiger charge is 2.49. The summed E-state index contributed by atoms with van der Waals surface area (Å²) in [5, 5.41) is 14.0. The summed E-state index contributed by atoms with van der Waals surface area (Å²) < 4.78 is 37.5. The van der Waals surface area contributed by atoms with Gasteiger partial charge in [-0.25, -0.2) is 0 Å². The number of fused-ring (bicyclic) bond motifs is 1. The van der Waals surface area contributed by atoms with E-state index in [2.05, 4.69) is 10.6 Å². The molecular weight excluding hydrogens is 301 g/mol. The van der Waals surface area contributed by atoms with E-state index in [0.29, 0.717) is 25.5 Å². The third-order valence-electron chi connectivity index (χ3n) is 3.47. The Hall–Kier alpha value is -2.09. The Morgan fingerprint density at radius 2 is 2.05 bits per heavy atom. The molecule has 1 aliphatic heterocycles. The molecule has 0 saturated carbocycles. The first-order valence-corrected chi connectivity index (χ1v) is 6.60. The van der Waals surface area contributed by atoms with Crippen molar-refractivity contribution in [3.63, 3.8) is 0 Å². The average molecular weight is 316 g/mol. The lowest BCUT2D eigenvalue weighted by atomic mass is 10.00. The number of amides is 2. The van der Waals surface area contributed by atoms with Crippen molar-refractivity contribution in [1.29, 1.82) is 0 Å². The molecule has 1 atom stereocenters. The maximum atomic E-state index is 12.5. The third kappa shape index (κ3) is 3.38. The lowest BCUT2D eigenvalue weighted by Gasteiger charge is -2.26. The van der Waals surface area contributed by atoms with E-state index in [4.69, 9.17) is 0 Å². The number of rotatable bonds is 3. The zero-order chi connectivity index (χ0) is 16.5. The molecule has 0 radical (unpaired) electrons. The van der Waals surface area contributed by atoms with E-state index in [1.165, 1.54) is 18.2 Å². The summed E-state index contributed by atoms with van der Waals surface area (Å²) in [4.78, 5) is 23.1. The van der Waals surface area contributed by atoms with Crippen molar-refractivity contribution in [2.45, 2.75) is 31.5 Å². The van der Waals surface area contributed by atoms with E-state index in [1.807, 2.05) is 0 Å². The van der Waals surface area contributed by atoms with E-state index in [0.717, 1.165) is 5.56 Å². The molecule has 2 amide bonds. The average Bonchev–Trinajstić information content (AvgIpc) is 2.43. The fraction of sp³-hybridized carbons (Fsp3) is 0.429. The summed E-state index contributed by atoms with van der Waals surface area (Å²) in [5.41, 5.74) is -1.48. The smallest absolute Gasteiger partial charge is 0.379 e. The van der Waals surface area contributed by atoms with Gasteiger partial charge in [-0.1, -0.05) is 0 Å². The lowest BCUT2D eigenvalue weighted by molar-refractivity contribution is -0.249. The number of hydrogen-bond acceptors (Lipinski definition) is 3. The molecule has 0 bridgehead atoms. The van der Waals surface area contributed by atoms with Gasteiger partial charge in [0, 0.05) is 17.7 Å². The summed E-state index contributed by atoms with van der Waals surface area (Å²) in [7, 11) is 0. The molecule has 0 aliphatic carbocycles. The zero-order valence-electron chi connectivity index (χ0n) is 11.8. The maximum Gasteiger partial charge on any atom is 0.418 e. The summed E-state index contributed by atoms with van der Waals surface area (Å²) in [5.74, 6) is -0.838. The van der Waals surface area contributed by atoms with Crippen LogP contribution in [-0.4, -0.2) is 35.2 Å². The molecule has 1 aromatic rings. The lowest BCUT2D eigenvalue weighted by Crippen LogP contribution is -2.51. The van der Waals surface area contributed by atoms with Gasteiger partial charge in [0.15, 0.2) is 5.60 Å². The number of halogens is 3. The molecule has 1 heterocycles. The molecule has 3 N–H and O–H groups in total. The van der Waals surface area contributed by atoms with Crippen LogP contribution >= 0.6 is 0 Å². The van der Waals surface area contributed by atoms with Crippen molar-refractivity contribution in [3.8, 4) is 0 Å². The van der Waals surface area contributed by atoms with Crippen LogP contribution in [0, 0.1) is 0 Å². The van der Waals surface area contributed by atoms with E-state index in [9.17, 15) is 27.9 Å². The van der Waals surface area contributed by atoms with Crippen LogP contribution < -0.4 is 10.6 Å². The minimum atomic E-state index is -4.83. The van der Waals surface area contributed by atoms with Gasteiger partial charge in [-0.3, -0.25) is 9.59 Å². The molecule has 120 valence electrons. The minimum absolute atomic E-state index is 0.120. The van der Waals surface area contributed by atoms with Crippen LogP contribution in [-0.2, 0) is 11.2 Å². The number of carbonyl (C=O) groups is 2. The highest BCUT2D eigenvalue weighted by Crippen LogP contribution is 2.29. The molecule has 5 nitrogen and oxygen atoms in total. The summed E-state index contributed by atoms with van der Waals surface area (Å²) in [6.07, 6.45) is -4.08. The van der Waals surface area contributed by atoms with Crippen molar-refractivity contribution in [1.82, 2.24) is 5.32 Å². The molecule has 0 aromatic heterocycles. The SMILES string of the molecule is CC(O)(CNC(=O)c1ccc2c(c1)CCC(=O)N2)C(F)(F)F. The third-order valence-corrected chi connectivity index (χ3v) is 3.47. The zero-order valence-corrected chi connectivity index (χ0v) is 11.8. The van der Waals surface area contributed by atoms with Gasteiger partial charge in [0.2, 0.25) is 5.91 Å². The van der Waals surface area contributed by atoms with Gasteiger partial charge in [-0.15, -0.1) is 0 Å². The molecular formula is C14H15F3N2O3. The number of anilines is 1. The largest absolute Gasteiger partial charge is 0.418 e. The standard InChI is InChI=1S/C14H15F3N2O3/c1-13(22,14(15,16)17)7-18-12(21)9-2-4-10-8(6-9)3-5-11(20)19-10/h2,4,6,22H,3,5,7H2,1H3,(H,18,21)(H,19,20). The molecule has 2 rings (SSSR count). The highest BCUT2D eigenvalue weighted by molar-refractivity contribution is 5.97. The first-order chi connectivity index (χ1) is 10.1. The Labute approximate surface area is 124 Å². The predicted octanol–water partition coefficient (Wildman–Crippen LogP) is 1.61. The fourth-order valence-corrected chi connectivity index (χ4v) is 1.98. The van der Waals surface area contributed by atoms with Crippen LogP contribution in [0.3, 0.4) is 0 Å². The van der Waals surface area contributed by atoms with Crippen molar-refractivity contribution >= 4 is 17.5 Å². The summed E-state index contributed by atoms with van der Waals surface area (Å²) >= 11 is 0. The van der Waals surface area contributed by atoms with Gasteiger partial charge >= 0.3 is 6.18 Å². The topological polar surface area (TPSA) is 78.4 Å². The van der Waals surface area contributed by atoms with E-state index < -0.39 is 24.2 Å². The van der Waals surface area contributed by atoms with Crippen molar-refractivity contribution in [2.75, 3.05) is 11.9 Å².